The third kappa shape index (κ3) is 5.01. The number of rotatable bonds is 6. The maximum atomic E-state index is 12.0. The summed E-state index contributed by atoms with van der Waals surface area (Å²) in [7, 11) is 0. The van der Waals surface area contributed by atoms with Gasteiger partial charge in [-0.15, -0.1) is 5.10 Å². The lowest BCUT2D eigenvalue weighted by atomic mass is 10.2. The Hall–Kier alpha value is -2.72. The number of halogens is 2. The van der Waals surface area contributed by atoms with Gasteiger partial charge in [0.15, 0.2) is 5.75 Å². The quantitative estimate of drug-likeness (QED) is 0.370. The molecule has 0 aliphatic carbocycles. The van der Waals surface area contributed by atoms with E-state index in [0.717, 1.165) is 0 Å². The van der Waals surface area contributed by atoms with E-state index in [1.165, 1.54) is 0 Å². The van der Waals surface area contributed by atoms with E-state index in [1.807, 2.05) is 0 Å². The number of hydrogen-bond donors (Lipinski definition) is 2. The summed E-state index contributed by atoms with van der Waals surface area (Å²) in [6, 6.07) is 10.2. The number of fused-ring (bicyclic) bond motifs is 1. The van der Waals surface area contributed by atoms with Crippen molar-refractivity contribution in [3.8, 4) is 11.6 Å². The number of carbonyl (C=O) groups excluding carboxylic acids is 2. The highest BCUT2D eigenvalue weighted by molar-refractivity contribution is 9.11. The van der Waals surface area contributed by atoms with Crippen LogP contribution in [0.25, 0.3) is 10.8 Å². The molecule has 1 heterocycles. The van der Waals surface area contributed by atoms with Crippen molar-refractivity contribution < 1.29 is 19.1 Å². The third-order valence-electron chi connectivity index (χ3n) is 3.75. The van der Waals surface area contributed by atoms with Gasteiger partial charge in [-0.1, -0.05) is 12.1 Å². The number of nitrogens with one attached hydrogen (secondary N) is 2. The molecule has 10 heteroatoms. The predicted molar refractivity (Wildman–Crippen MR) is 114 cm³/mol. The number of anilines is 1. The highest BCUT2D eigenvalue weighted by Crippen LogP contribution is 2.39. The van der Waals surface area contributed by atoms with Crippen molar-refractivity contribution in [2.24, 2.45) is 0 Å². The van der Waals surface area contributed by atoms with E-state index >= 15 is 0 Å². The summed E-state index contributed by atoms with van der Waals surface area (Å²) < 4.78 is 11.7. The number of aromatic nitrogens is 2. The number of nitrogens with zero attached hydrogens (tertiary/aromatic N) is 1. The molecule has 1 aromatic heterocycles. The highest BCUT2D eigenvalue weighted by Gasteiger charge is 2.16. The van der Waals surface area contributed by atoms with E-state index in [1.54, 1.807) is 43.3 Å². The van der Waals surface area contributed by atoms with Crippen LogP contribution in [-0.4, -0.2) is 28.7 Å². The van der Waals surface area contributed by atoms with E-state index in [2.05, 4.69) is 47.4 Å². The van der Waals surface area contributed by atoms with Crippen LogP contribution in [0.3, 0.4) is 0 Å². The molecule has 0 radical (unpaired) electrons. The minimum absolute atomic E-state index is 0.211. The Balaban J connectivity index is 1.84. The van der Waals surface area contributed by atoms with Crippen molar-refractivity contribution >= 4 is 60.2 Å². The lowest BCUT2D eigenvalue weighted by molar-refractivity contribution is -0.145. The summed E-state index contributed by atoms with van der Waals surface area (Å²) in [4.78, 5) is 35.3. The largest absolute Gasteiger partial charge is 0.466 e. The molecule has 0 atom stereocenters. The molecule has 0 saturated heterocycles. The van der Waals surface area contributed by atoms with Gasteiger partial charge in [0, 0.05) is 5.69 Å². The molecule has 29 heavy (non-hydrogen) atoms. The molecule has 3 aromatic rings. The Morgan fingerprint density at radius 2 is 1.79 bits per heavy atom. The standard InChI is InChI=1S/C19H15Br2N3O5/c1-2-28-16(26)9-15(25)22-10-7-13(20)17(14(21)8-10)29-19-12-6-4-3-5-11(12)18(27)23-24-19/h3-8H,2,9H2,1H3,(H,22,25)(H,23,27). The van der Waals surface area contributed by atoms with E-state index in [-0.39, 0.29) is 24.5 Å². The van der Waals surface area contributed by atoms with Gasteiger partial charge in [-0.3, -0.25) is 14.4 Å². The van der Waals surface area contributed by atoms with Gasteiger partial charge < -0.3 is 14.8 Å². The van der Waals surface area contributed by atoms with Crippen molar-refractivity contribution in [1.29, 1.82) is 0 Å². The maximum Gasteiger partial charge on any atom is 0.315 e. The van der Waals surface area contributed by atoms with Crippen LogP contribution in [0.15, 0.2) is 50.1 Å². The number of ether oxygens (including phenoxy) is 2. The van der Waals surface area contributed by atoms with Crippen LogP contribution in [-0.2, 0) is 14.3 Å². The molecule has 0 aliphatic rings. The Morgan fingerprint density at radius 1 is 1.14 bits per heavy atom. The molecule has 0 unspecified atom stereocenters. The molecule has 8 nitrogen and oxygen atoms in total. The summed E-state index contributed by atoms with van der Waals surface area (Å²) in [5.74, 6) is -0.470. The zero-order chi connectivity index (χ0) is 21.0. The molecule has 2 aromatic carbocycles. The average Bonchev–Trinajstić information content (AvgIpc) is 2.66. The molecular weight excluding hydrogens is 510 g/mol. The minimum Gasteiger partial charge on any atom is -0.466 e. The minimum atomic E-state index is -0.598. The van der Waals surface area contributed by atoms with Crippen LogP contribution in [0.5, 0.6) is 11.6 Å². The van der Waals surface area contributed by atoms with Crippen LogP contribution in [0.4, 0.5) is 5.69 Å². The molecular formula is C19H15Br2N3O5. The molecule has 0 saturated carbocycles. The smallest absolute Gasteiger partial charge is 0.315 e. The van der Waals surface area contributed by atoms with Crippen LogP contribution in [0.2, 0.25) is 0 Å². The van der Waals surface area contributed by atoms with E-state index in [9.17, 15) is 14.4 Å². The predicted octanol–water partition coefficient (Wildman–Crippen LogP) is 4.13. The van der Waals surface area contributed by atoms with Gasteiger partial charge in [0.05, 0.1) is 26.3 Å². The molecule has 0 spiro atoms. The zero-order valence-corrected chi connectivity index (χ0v) is 18.3. The number of carbonyl (C=O) groups is 2. The first-order valence-electron chi connectivity index (χ1n) is 8.48. The lowest BCUT2D eigenvalue weighted by Crippen LogP contribution is -2.18. The molecule has 150 valence electrons. The van der Waals surface area contributed by atoms with Gasteiger partial charge in [-0.05, 0) is 63.0 Å². The van der Waals surface area contributed by atoms with Crippen molar-refractivity contribution in [1.82, 2.24) is 10.2 Å². The Bertz CT molecular complexity index is 1120. The van der Waals surface area contributed by atoms with Crippen molar-refractivity contribution in [2.45, 2.75) is 13.3 Å². The summed E-state index contributed by atoms with van der Waals surface area (Å²) >= 11 is 6.80. The molecule has 3 rings (SSSR count). The highest BCUT2D eigenvalue weighted by atomic mass is 79.9. The second-order valence-electron chi connectivity index (χ2n) is 5.80. The van der Waals surface area contributed by atoms with Gasteiger partial charge >= 0.3 is 5.97 Å². The molecule has 0 fully saturated rings. The number of benzene rings is 2. The molecule has 0 bridgehead atoms. The van der Waals surface area contributed by atoms with E-state index < -0.39 is 11.9 Å². The monoisotopic (exact) mass is 523 g/mol. The summed E-state index contributed by atoms with van der Waals surface area (Å²) in [5.41, 5.74) is 0.135. The van der Waals surface area contributed by atoms with Gasteiger partial charge in [0.1, 0.15) is 6.42 Å². The van der Waals surface area contributed by atoms with Crippen LogP contribution in [0.1, 0.15) is 13.3 Å². The fourth-order valence-electron chi connectivity index (χ4n) is 2.54. The average molecular weight is 525 g/mol. The second-order valence-corrected chi connectivity index (χ2v) is 7.51. The number of H-pyrrole nitrogens is 1. The summed E-state index contributed by atoms with van der Waals surface area (Å²) in [6.07, 6.45) is -0.380. The summed E-state index contributed by atoms with van der Waals surface area (Å²) in [5, 5.41) is 10.0. The van der Waals surface area contributed by atoms with Gasteiger partial charge in [-0.25, -0.2) is 5.10 Å². The second kappa shape index (κ2) is 9.19. The lowest BCUT2D eigenvalue weighted by Gasteiger charge is -2.13. The Labute approximate surface area is 181 Å². The first kappa shape index (κ1) is 21.0. The van der Waals surface area contributed by atoms with Crippen LogP contribution < -0.4 is 15.6 Å². The SMILES string of the molecule is CCOC(=O)CC(=O)Nc1cc(Br)c(Oc2n[nH]c(=O)c3ccccc23)c(Br)c1. The van der Waals surface area contributed by atoms with Crippen molar-refractivity contribution in [2.75, 3.05) is 11.9 Å². The zero-order valence-electron chi connectivity index (χ0n) is 15.1. The molecule has 0 aliphatic heterocycles. The molecule has 2 N–H and O–H groups in total. The van der Waals surface area contributed by atoms with Crippen LogP contribution in [0, 0.1) is 0 Å². The van der Waals surface area contributed by atoms with E-state index in [4.69, 9.17) is 9.47 Å². The first-order valence-corrected chi connectivity index (χ1v) is 10.1. The maximum absolute atomic E-state index is 12.0. The number of amides is 1. The Morgan fingerprint density at radius 3 is 2.45 bits per heavy atom. The number of aromatic amines is 1. The first-order chi connectivity index (χ1) is 13.9. The normalized spacial score (nSPS) is 10.6. The summed E-state index contributed by atoms with van der Waals surface area (Å²) in [6.45, 7) is 1.88. The fourth-order valence-corrected chi connectivity index (χ4v) is 3.89. The Kier molecular flexibility index (Phi) is 6.65. The van der Waals surface area contributed by atoms with Gasteiger partial charge in [0.25, 0.3) is 5.56 Å². The number of hydrogen-bond acceptors (Lipinski definition) is 6. The van der Waals surface area contributed by atoms with Gasteiger partial charge in [-0.2, -0.15) is 0 Å². The third-order valence-corrected chi connectivity index (χ3v) is 4.93. The topological polar surface area (TPSA) is 110 Å². The molecule has 1 amide bonds. The van der Waals surface area contributed by atoms with Crippen molar-refractivity contribution in [3.63, 3.8) is 0 Å². The van der Waals surface area contributed by atoms with Crippen molar-refractivity contribution in [3.05, 3.63) is 55.7 Å². The van der Waals surface area contributed by atoms with E-state index in [0.29, 0.717) is 31.2 Å². The fraction of sp³-hybridized carbons (Fsp3) is 0.158. The van der Waals surface area contributed by atoms with Gasteiger partial charge in [0.2, 0.25) is 11.8 Å². The number of esters is 1. The van der Waals surface area contributed by atoms with Crippen LogP contribution >= 0.6 is 31.9 Å².